The number of likely N-dealkylation sites (tertiary alicyclic amines) is 1. The van der Waals surface area contributed by atoms with Crippen LogP contribution in [0.1, 0.15) is 30.0 Å². The summed E-state index contributed by atoms with van der Waals surface area (Å²) in [5.41, 5.74) is 3.21. The minimum Gasteiger partial charge on any atom is -0.435 e. The second-order valence-electron chi connectivity index (χ2n) is 6.00. The molecule has 0 aliphatic carbocycles. The van der Waals surface area contributed by atoms with Gasteiger partial charge >= 0.3 is 6.16 Å². The predicted octanol–water partition coefficient (Wildman–Crippen LogP) is 2.59. The monoisotopic (exact) mass is 335 g/mol. The molecule has 1 aliphatic rings. The maximum atomic E-state index is 12.7. The van der Waals surface area contributed by atoms with Gasteiger partial charge in [0.2, 0.25) is 5.91 Å². The van der Waals surface area contributed by atoms with Crippen molar-refractivity contribution < 1.29 is 23.8 Å². The van der Waals surface area contributed by atoms with E-state index in [1.807, 2.05) is 26.0 Å². The normalized spacial score (nSPS) is 20.1. The van der Waals surface area contributed by atoms with Crippen LogP contribution in [-0.2, 0) is 25.4 Å². The van der Waals surface area contributed by atoms with E-state index in [0.717, 1.165) is 16.7 Å². The first-order chi connectivity index (χ1) is 11.4. The molecule has 6 heteroatoms. The van der Waals surface area contributed by atoms with E-state index in [-0.39, 0.29) is 25.0 Å². The number of carbonyl (C=O) groups excluding carboxylic acids is 2. The smallest absolute Gasteiger partial charge is 0.435 e. The van der Waals surface area contributed by atoms with Crippen molar-refractivity contribution in [3.8, 4) is 0 Å². The number of ether oxygens (including phenoxy) is 3. The standard InChI is InChI=1S/C18H25NO5/c1-5-23-18(21)24-17-10-15(22-4)11-19(17)16(20)9-14-7-6-12(2)8-13(14)3/h6-8,15,17H,5,9-11H2,1-4H3. The summed E-state index contributed by atoms with van der Waals surface area (Å²) in [6, 6.07) is 6.01. The second-order valence-corrected chi connectivity index (χ2v) is 6.00. The third kappa shape index (κ3) is 4.47. The highest BCUT2D eigenvalue weighted by molar-refractivity contribution is 5.80. The van der Waals surface area contributed by atoms with Gasteiger partial charge in [0.25, 0.3) is 0 Å². The van der Waals surface area contributed by atoms with E-state index in [1.165, 1.54) is 0 Å². The van der Waals surface area contributed by atoms with Crippen LogP contribution in [0.5, 0.6) is 0 Å². The number of rotatable bonds is 5. The van der Waals surface area contributed by atoms with Crippen LogP contribution in [0.25, 0.3) is 0 Å². The first kappa shape index (κ1) is 18.3. The summed E-state index contributed by atoms with van der Waals surface area (Å²) in [4.78, 5) is 25.9. The topological polar surface area (TPSA) is 65.1 Å². The summed E-state index contributed by atoms with van der Waals surface area (Å²) in [7, 11) is 1.59. The molecule has 1 aliphatic heterocycles. The number of amides is 1. The molecular weight excluding hydrogens is 310 g/mol. The molecule has 2 rings (SSSR count). The minimum absolute atomic E-state index is 0.0872. The van der Waals surface area contributed by atoms with Crippen molar-refractivity contribution in [1.29, 1.82) is 0 Å². The molecule has 0 bridgehead atoms. The van der Waals surface area contributed by atoms with Crippen molar-refractivity contribution in [2.75, 3.05) is 20.3 Å². The maximum absolute atomic E-state index is 12.7. The molecule has 2 unspecified atom stereocenters. The van der Waals surface area contributed by atoms with Crippen LogP contribution in [0.4, 0.5) is 4.79 Å². The van der Waals surface area contributed by atoms with Gasteiger partial charge in [0.1, 0.15) is 0 Å². The number of hydrogen-bond acceptors (Lipinski definition) is 5. The maximum Gasteiger partial charge on any atom is 0.510 e. The van der Waals surface area contributed by atoms with Gasteiger partial charge in [-0.1, -0.05) is 23.8 Å². The lowest BCUT2D eigenvalue weighted by Crippen LogP contribution is -2.39. The zero-order chi connectivity index (χ0) is 17.7. The Morgan fingerprint density at radius 1 is 1.29 bits per heavy atom. The first-order valence-electron chi connectivity index (χ1n) is 8.16. The zero-order valence-corrected chi connectivity index (χ0v) is 14.7. The van der Waals surface area contributed by atoms with Gasteiger partial charge in [0.15, 0.2) is 6.23 Å². The predicted molar refractivity (Wildman–Crippen MR) is 88.6 cm³/mol. The van der Waals surface area contributed by atoms with Crippen LogP contribution in [0.2, 0.25) is 0 Å². The third-order valence-electron chi connectivity index (χ3n) is 4.20. The summed E-state index contributed by atoms with van der Waals surface area (Å²) >= 11 is 0. The van der Waals surface area contributed by atoms with Crippen LogP contribution < -0.4 is 0 Å². The minimum atomic E-state index is -0.761. The summed E-state index contributed by atoms with van der Waals surface area (Å²) < 4.78 is 15.4. The molecule has 1 aromatic rings. The highest BCUT2D eigenvalue weighted by atomic mass is 16.7. The number of aryl methyl sites for hydroxylation is 2. The van der Waals surface area contributed by atoms with Crippen molar-refractivity contribution in [2.24, 2.45) is 0 Å². The molecule has 1 heterocycles. The fourth-order valence-corrected chi connectivity index (χ4v) is 2.88. The number of carbonyl (C=O) groups is 2. The van der Waals surface area contributed by atoms with Gasteiger partial charge < -0.3 is 19.1 Å². The molecule has 1 fully saturated rings. The Bertz CT molecular complexity index is 601. The molecule has 132 valence electrons. The van der Waals surface area contributed by atoms with Crippen LogP contribution >= 0.6 is 0 Å². The molecule has 2 atom stereocenters. The molecule has 1 aromatic carbocycles. The van der Waals surface area contributed by atoms with Gasteiger partial charge in [0.05, 0.1) is 25.7 Å². The van der Waals surface area contributed by atoms with Gasteiger partial charge in [-0.15, -0.1) is 0 Å². The largest absolute Gasteiger partial charge is 0.510 e. The molecule has 1 saturated heterocycles. The number of hydrogen-bond donors (Lipinski definition) is 0. The van der Waals surface area contributed by atoms with Gasteiger partial charge in [-0.2, -0.15) is 0 Å². The van der Waals surface area contributed by atoms with Crippen molar-refractivity contribution in [3.63, 3.8) is 0 Å². The summed E-state index contributed by atoms with van der Waals surface area (Å²) in [6.07, 6.45) is -0.831. The SMILES string of the molecule is CCOC(=O)OC1CC(OC)CN1C(=O)Cc1ccc(C)cc1C. The summed E-state index contributed by atoms with van der Waals surface area (Å²) in [5, 5.41) is 0. The number of nitrogens with zero attached hydrogens (tertiary/aromatic N) is 1. The zero-order valence-electron chi connectivity index (χ0n) is 14.7. The van der Waals surface area contributed by atoms with E-state index >= 15 is 0 Å². The van der Waals surface area contributed by atoms with Gasteiger partial charge in [-0.3, -0.25) is 4.79 Å². The van der Waals surface area contributed by atoms with Crippen LogP contribution in [0.3, 0.4) is 0 Å². The Labute approximate surface area is 142 Å². The molecule has 0 radical (unpaired) electrons. The lowest BCUT2D eigenvalue weighted by atomic mass is 10.0. The van der Waals surface area contributed by atoms with E-state index < -0.39 is 12.4 Å². The van der Waals surface area contributed by atoms with E-state index in [2.05, 4.69) is 6.07 Å². The van der Waals surface area contributed by atoms with Crippen molar-refractivity contribution >= 4 is 12.1 Å². The van der Waals surface area contributed by atoms with Gasteiger partial charge in [-0.25, -0.2) is 4.79 Å². The Hall–Kier alpha value is -2.08. The van der Waals surface area contributed by atoms with E-state index in [9.17, 15) is 9.59 Å². The van der Waals surface area contributed by atoms with E-state index in [4.69, 9.17) is 14.2 Å². The molecule has 6 nitrogen and oxygen atoms in total. The lowest BCUT2D eigenvalue weighted by Gasteiger charge is -2.24. The Balaban J connectivity index is 2.07. The quantitative estimate of drug-likeness (QED) is 0.774. The fourth-order valence-electron chi connectivity index (χ4n) is 2.88. The summed E-state index contributed by atoms with van der Waals surface area (Å²) in [6.45, 7) is 6.35. The Kier molecular flexibility index (Phi) is 6.20. The highest BCUT2D eigenvalue weighted by Gasteiger charge is 2.38. The first-order valence-corrected chi connectivity index (χ1v) is 8.16. The van der Waals surface area contributed by atoms with Gasteiger partial charge in [0, 0.05) is 13.5 Å². The van der Waals surface area contributed by atoms with Crippen LogP contribution in [0.15, 0.2) is 18.2 Å². The number of methoxy groups -OCH3 is 1. The average Bonchev–Trinajstić information content (AvgIpc) is 2.93. The molecule has 24 heavy (non-hydrogen) atoms. The average molecular weight is 335 g/mol. The molecule has 0 saturated carbocycles. The summed E-state index contributed by atoms with van der Waals surface area (Å²) in [5.74, 6) is -0.0872. The highest BCUT2D eigenvalue weighted by Crippen LogP contribution is 2.23. The van der Waals surface area contributed by atoms with E-state index in [0.29, 0.717) is 13.0 Å². The molecule has 1 amide bonds. The third-order valence-corrected chi connectivity index (χ3v) is 4.20. The molecule has 0 N–H and O–H groups in total. The Morgan fingerprint density at radius 3 is 2.67 bits per heavy atom. The van der Waals surface area contributed by atoms with E-state index in [1.54, 1.807) is 18.9 Å². The molecule has 0 aromatic heterocycles. The van der Waals surface area contributed by atoms with Crippen molar-refractivity contribution in [1.82, 2.24) is 4.90 Å². The van der Waals surface area contributed by atoms with Crippen LogP contribution in [0, 0.1) is 13.8 Å². The lowest BCUT2D eigenvalue weighted by molar-refractivity contribution is -0.138. The van der Waals surface area contributed by atoms with Gasteiger partial charge in [-0.05, 0) is 31.9 Å². The molecule has 0 spiro atoms. The molecular formula is C18H25NO5. The van der Waals surface area contributed by atoms with Crippen molar-refractivity contribution in [3.05, 3.63) is 34.9 Å². The Morgan fingerprint density at radius 2 is 2.04 bits per heavy atom. The van der Waals surface area contributed by atoms with Crippen molar-refractivity contribution in [2.45, 2.75) is 45.9 Å². The number of benzene rings is 1. The fraction of sp³-hybridized carbons (Fsp3) is 0.556. The second kappa shape index (κ2) is 8.15. The van der Waals surface area contributed by atoms with Crippen LogP contribution in [-0.4, -0.2) is 49.6 Å².